The molecule has 1 aliphatic carbocycles. The molecule has 19 heavy (non-hydrogen) atoms. The number of hydrogen-bond donors (Lipinski definition) is 2. The second kappa shape index (κ2) is 5.42. The molecule has 1 saturated carbocycles. The van der Waals surface area contributed by atoms with Crippen LogP contribution in [0.3, 0.4) is 0 Å². The van der Waals surface area contributed by atoms with Crippen molar-refractivity contribution >= 4 is 31.6 Å². The third kappa shape index (κ3) is 3.12. The van der Waals surface area contributed by atoms with E-state index in [0.29, 0.717) is 16.7 Å². The molecule has 0 radical (unpaired) electrons. The molecule has 1 aromatic carbocycles. The number of anilines is 1. The van der Waals surface area contributed by atoms with Gasteiger partial charge < -0.3 is 5.73 Å². The Morgan fingerprint density at radius 3 is 2.58 bits per heavy atom. The normalized spacial score (nSPS) is 18.0. The Kier molecular flexibility index (Phi) is 4.23. The molecule has 1 fully saturated rings. The molecule has 1 aliphatic rings. The highest BCUT2D eigenvalue weighted by Crippen LogP contribution is 2.43. The van der Waals surface area contributed by atoms with Gasteiger partial charge in [-0.25, -0.2) is 13.1 Å². The quantitative estimate of drug-likeness (QED) is 0.805. The first-order valence-electron chi connectivity index (χ1n) is 6.43. The number of halogens is 1. The summed E-state index contributed by atoms with van der Waals surface area (Å²) in [7, 11) is -3.48. The maximum Gasteiger partial charge on any atom is 0.241 e. The van der Waals surface area contributed by atoms with Crippen molar-refractivity contribution in [3.63, 3.8) is 0 Å². The molecule has 0 aromatic heterocycles. The molecular weight excluding hydrogens is 328 g/mol. The third-order valence-electron chi connectivity index (χ3n) is 4.05. The lowest BCUT2D eigenvalue weighted by Gasteiger charge is -2.41. The second-order valence-corrected chi connectivity index (χ2v) is 7.81. The van der Waals surface area contributed by atoms with Crippen LogP contribution in [-0.2, 0) is 10.0 Å². The van der Waals surface area contributed by atoms with Crippen molar-refractivity contribution in [2.75, 3.05) is 12.3 Å². The van der Waals surface area contributed by atoms with Crippen LogP contribution in [0, 0.1) is 5.41 Å². The smallest absolute Gasteiger partial charge is 0.241 e. The van der Waals surface area contributed by atoms with Crippen molar-refractivity contribution in [3.8, 4) is 0 Å². The number of nitrogens with one attached hydrogen (secondary N) is 1. The summed E-state index contributed by atoms with van der Waals surface area (Å²) in [6.07, 6.45) is 4.42. The highest BCUT2D eigenvalue weighted by atomic mass is 79.9. The Hall–Kier alpha value is -0.590. The van der Waals surface area contributed by atoms with E-state index in [1.54, 1.807) is 12.1 Å². The highest BCUT2D eigenvalue weighted by Gasteiger charge is 2.36. The fourth-order valence-electron chi connectivity index (χ4n) is 2.39. The summed E-state index contributed by atoms with van der Waals surface area (Å²) in [5.74, 6) is 0. The predicted octanol–water partition coefficient (Wildman–Crippen LogP) is 2.89. The van der Waals surface area contributed by atoms with Gasteiger partial charge in [0.1, 0.15) is 0 Å². The Balaban J connectivity index is 2.14. The summed E-state index contributed by atoms with van der Waals surface area (Å²) in [5, 5.41) is 0. The van der Waals surface area contributed by atoms with Gasteiger partial charge in [0.15, 0.2) is 0 Å². The largest absolute Gasteiger partial charge is 0.399 e. The van der Waals surface area contributed by atoms with Gasteiger partial charge in [-0.15, -0.1) is 0 Å². The zero-order chi connectivity index (χ0) is 14.1. The van der Waals surface area contributed by atoms with Gasteiger partial charge in [-0.3, -0.25) is 0 Å². The van der Waals surface area contributed by atoms with Crippen LogP contribution in [0.2, 0.25) is 0 Å². The lowest BCUT2D eigenvalue weighted by atomic mass is 9.67. The van der Waals surface area contributed by atoms with Gasteiger partial charge in [-0.1, -0.05) is 13.3 Å². The van der Waals surface area contributed by atoms with Crippen LogP contribution in [0.25, 0.3) is 0 Å². The molecule has 0 bridgehead atoms. The van der Waals surface area contributed by atoms with Crippen LogP contribution >= 0.6 is 15.9 Å². The minimum atomic E-state index is -3.48. The average Bonchev–Trinajstić information content (AvgIpc) is 2.27. The van der Waals surface area contributed by atoms with Crippen molar-refractivity contribution in [1.82, 2.24) is 4.72 Å². The average molecular weight is 347 g/mol. The van der Waals surface area contributed by atoms with E-state index in [-0.39, 0.29) is 10.3 Å². The second-order valence-electron chi connectivity index (χ2n) is 5.22. The monoisotopic (exact) mass is 346 g/mol. The number of nitrogen functional groups attached to an aromatic ring is 1. The molecule has 0 amide bonds. The Morgan fingerprint density at radius 1 is 1.42 bits per heavy atom. The minimum absolute atomic E-state index is 0.160. The Labute approximate surface area is 122 Å². The molecule has 3 N–H and O–H groups in total. The molecule has 0 spiro atoms. The first-order valence-corrected chi connectivity index (χ1v) is 8.71. The number of sulfonamides is 1. The Bertz CT molecular complexity index is 562. The molecule has 1 aromatic rings. The van der Waals surface area contributed by atoms with Gasteiger partial charge >= 0.3 is 0 Å². The molecule has 0 heterocycles. The van der Waals surface area contributed by atoms with Gasteiger partial charge in [0.2, 0.25) is 10.0 Å². The molecule has 0 unspecified atom stereocenters. The number of benzene rings is 1. The van der Waals surface area contributed by atoms with Crippen LogP contribution < -0.4 is 10.5 Å². The molecular formula is C13H19BrN2O2S. The van der Waals surface area contributed by atoms with Crippen molar-refractivity contribution in [1.29, 1.82) is 0 Å². The fraction of sp³-hybridized carbons (Fsp3) is 0.538. The maximum atomic E-state index is 12.3. The van der Waals surface area contributed by atoms with Crippen LogP contribution in [0.4, 0.5) is 5.69 Å². The summed E-state index contributed by atoms with van der Waals surface area (Å²) in [6, 6.07) is 4.73. The summed E-state index contributed by atoms with van der Waals surface area (Å²) in [6.45, 7) is 2.63. The highest BCUT2D eigenvalue weighted by molar-refractivity contribution is 9.10. The predicted molar refractivity (Wildman–Crippen MR) is 80.3 cm³/mol. The summed E-state index contributed by atoms with van der Waals surface area (Å²) >= 11 is 3.25. The molecule has 0 aliphatic heterocycles. The van der Waals surface area contributed by atoms with Crippen LogP contribution in [0.1, 0.15) is 32.6 Å². The molecule has 106 valence electrons. The summed E-state index contributed by atoms with van der Waals surface area (Å²) in [5.41, 5.74) is 6.32. The van der Waals surface area contributed by atoms with E-state index in [4.69, 9.17) is 5.73 Å². The topological polar surface area (TPSA) is 72.2 Å². The number of nitrogens with two attached hydrogens (primary N) is 1. The van der Waals surface area contributed by atoms with Gasteiger partial charge in [0.25, 0.3) is 0 Å². The van der Waals surface area contributed by atoms with E-state index in [2.05, 4.69) is 27.6 Å². The maximum absolute atomic E-state index is 12.3. The molecule has 2 rings (SSSR count). The molecule has 4 nitrogen and oxygen atoms in total. The Morgan fingerprint density at radius 2 is 2.11 bits per heavy atom. The van der Waals surface area contributed by atoms with Crippen LogP contribution in [0.15, 0.2) is 27.6 Å². The van der Waals surface area contributed by atoms with Crippen LogP contribution in [-0.4, -0.2) is 15.0 Å². The fourth-order valence-corrected chi connectivity index (χ4v) is 4.64. The van der Waals surface area contributed by atoms with E-state index in [9.17, 15) is 8.42 Å². The first-order chi connectivity index (χ1) is 8.88. The molecule has 6 heteroatoms. The van der Waals surface area contributed by atoms with Gasteiger partial charge in [0.05, 0.1) is 4.90 Å². The van der Waals surface area contributed by atoms with E-state index < -0.39 is 10.0 Å². The van der Waals surface area contributed by atoms with E-state index >= 15 is 0 Å². The summed E-state index contributed by atoms with van der Waals surface area (Å²) < 4.78 is 27.8. The van der Waals surface area contributed by atoms with Crippen molar-refractivity contribution in [3.05, 3.63) is 22.7 Å². The van der Waals surface area contributed by atoms with E-state index in [1.165, 1.54) is 12.5 Å². The third-order valence-corrected chi connectivity index (χ3v) is 6.42. The lowest BCUT2D eigenvalue weighted by Crippen LogP contribution is -2.41. The minimum Gasteiger partial charge on any atom is -0.399 e. The zero-order valence-corrected chi connectivity index (χ0v) is 13.4. The van der Waals surface area contributed by atoms with Gasteiger partial charge in [-0.2, -0.15) is 0 Å². The number of rotatable bonds is 5. The van der Waals surface area contributed by atoms with Gasteiger partial charge in [0, 0.05) is 16.7 Å². The zero-order valence-electron chi connectivity index (χ0n) is 10.9. The van der Waals surface area contributed by atoms with Crippen LogP contribution in [0.5, 0.6) is 0 Å². The van der Waals surface area contributed by atoms with E-state index in [0.717, 1.165) is 19.3 Å². The lowest BCUT2D eigenvalue weighted by molar-refractivity contribution is 0.133. The first kappa shape index (κ1) is 14.8. The standard InChI is InChI=1S/C13H19BrN2O2S/c1-2-13(6-3-7-13)9-16-19(17,18)12-5-4-10(15)8-11(12)14/h4-5,8,16H,2-3,6-7,9,15H2,1H3. The number of hydrogen-bond acceptors (Lipinski definition) is 3. The van der Waals surface area contributed by atoms with Crippen molar-refractivity contribution < 1.29 is 8.42 Å². The van der Waals surface area contributed by atoms with E-state index in [1.807, 2.05) is 0 Å². The van der Waals surface area contributed by atoms with Crippen molar-refractivity contribution in [2.24, 2.45) is 5.41 Å². The van der Waals surface area contributed by atoms with Gasteiger partial charge in [-0.05, 0) is 58.8 Å². The van der Waals surface area contributed by atoms with Crippen molar-refractivity contribution in [2.45, 2.75) is 37.5 Å². The summed E-state index contributed by atoms with van der Waals surface area (Å²) in [4.78, 5) is 0.243. The molecule has 0 saturated heterocycles. The SMILES string of the molecule is CCC1(CNS(=O)(=O)c2ccc(N)cc2Br)CCC1. The molecule has 0 atom stereocenters.